The topological polar surface area (TPSA) is 57.4 Å². The normalized spacial score (nSPS) is 14.9. The lowest BCUT2D eigenvalue weighted by Gasteiger charge is -2.31. The van der Waals surface area contributed by atoms with E-state index >= 15 is 0 Å². The Bertz CT molecular complexity index is 1510. The molecule has 6 rings (SSSR count). The van der Waals surface area contributed by atoms with Gasteiger partial charge in [-0.05, 0) is 70.4 Å². The Morgan fingerprint density at radius 3 is 2.40 bits per heavy atom. The van der Waals surface area contributed by atoms with Gasteiger partial charge in [0.2, 0.25) is 5.95 Å². The smallest absolute Gasteiger partial charge is 0.240 e. The van der Waals surface area contributed by atoms with Crippen molar-refractivity contribution in [2.75, 3.05) is 0 Å². The summed E-state index contributed by atoms with van der Waals surface area (Å²) >= 11 is 0. The molecule has 0 atom stereocenters. The zero-order chi connectivity index (χ0) is 23.6. The first-order valence-corrected chi connectivity index (χ1v) is 12.0. The highest BCUT2D eigenvalue weighted by Gasteiger charge is 2.27. The Kier molecular flexibility index (Phi) is 5.59. The zero-order valence-electron chi connectivity index (χ0n) is 19.2. The second-order valence-corrected chi connectivity index (χ2v) is 9.02. The number of allylic oxidation sites excluding steroid dienone is 1. The average Bonchev–Trinajstić information content (AvgIpc) is 3.52. The van der Waals surface area contributed by atoms with E-state index in [-0.39, 0.29) is 0 Å². The maximum atomic E-state index is 14.4. The van der Waals surface area contributed by atoms with Crippen molar-refractivity contribution >= 4 is 34.2 Å². The van der Waals surface area contributed by atoms with Gasteiger partial charge in [0.15, 0.2) is 0 Å². The van der Waals surface area contributed by atoms with Gasteiger partial charge in [-0.2, -0.15) is 4.39 Å². The highest BCUT2D eigenvalue weighted by atomic mass is 19.1. The van der Waals surface area contributed by atoms with Crippen molar-refractivity contribution in [1.82, 2.24) is 20.2 Å². The summed E-state index contributed by atoms with van der Waals surface area (Å²) < 4.78 is 14.4. The molecule has 3 aromatic carbocycles. The lowest BCUT2D eigenvalue weighted by molar-refractivity contribution is 0.401. The third kappa shape index (κ3) is 4.21. The molecule has 0 bridgehead atoms. The number of aromatic nitrogens is 4. The van der Waals surface area contributed by atoms with Crippen LogP contribution in [0.2, 0.25) is 0 Å². The third-order valence-corrected chi connectivity index (χ3v) is 6.85. The van der Waals surface area contributed by atoms with E-state index in [2.05, 4.69) is 86.9 Å². The summed E-state index contributed by atoms with van der Waals surface area (Å²) in [7, 11) is 0. The molecule has 4 nitrogen and oxygen atoms in total. The SMILES string of the molecule is Fc1n[nH]c2ccc(C(=C(c3ccccc3)C3CCC3)c3ccc(C=Cc4cnc[nH]4)cc3)cc12. The molecule has 2 aromatic heterocycles. The number of benzene rings is 3. The van der Waals surface area contributed by atoms with E-state index in [9.17, 15) is 4.39 Å². The molecule has 35 heavy (non-hydrogen) atoms. The fourth-order valence-corrected chi connectivity index (χ4v) is 4.82. The first-order valence-electron chi connectivity index (χ1n) is 12.0. The van der Waals surface area contributed by atoms with Crippen LogP contribution < -0.4 is 0 Å². The number of halogens is 1. The van der Waals surface area contributed by atoms with Crippen LogP contribution in [0.4, 0.5) is 4.39 Å². The van der Waals surface area contributed by atoms with Crippen LogP contribution in [0.3, 0.4) is 0 Å². The van der Waals surface area contributed by atoms with Crippen molar-refractivity contribution in [3.63, 3.8) is 0 Å². The monoisotopic (exact) mass is 460 g/mol. The van der Waals surface area contributed by atoms with Gasteiger partial charge in [0.1, 0.15) is 0 Å². The van der Waals surface area contributed by atoms with Crippen LogP contribution in [0.5, 0.6) is 0 Å². The van der Waals surface area contributed by atoms with Gasteiger partial charge in [-0.3, -0.25) is 5.10 Å². The third-order valence-electron chi connectivity index (χ3n) is 6.85. The first kappa shape index (κ1) is 21.3. The molecule has 172 valence electrons. The Morgan fingerprint density at radius 2 is 1.69 bits per heavy atom. The Balaban J connectivity index is 1.51. The molecule has 2 heterocycles. The Hall–Kier alpha value is -4.25. The molecule has 0 saturated heterocycles. The summed E-state index contributed by atoms with van der Waals surface area (Å²) in [5, 5.41) is 7.06. The summed E-state index contributed by atoms with van der Waals surface area (Å²) in [5.41, 5.74) is 8.61. The number of fused-ring (bicyclic) bond motifs is 1. The van der Waals surface area contributed by atoms with Gasteiger partial charge in [-0.25, -0.2) is 4.98 Å². The lowest BCUT2D eigenvalue weighted by atomic mass is 9.73. The maximum absolute atomic E-state index is 14.4. The van der Waals surface area contributed by atoms with Gasteiger partial charge >= 0.3 is 0 Å². The van der Waals surface area contributed by atoms with Crippen molar-refractivity contribution in [3.8, 4) is 0 Å². The van der Waals surface area contributed by atoms with Crippen LogP contribution in [0.25, 0.3) is 34.2 Å². The van der Waals surface area contributed by atoms with Gasteiger partial charge in [-0.15, -0.1) is 5.10 Å². The zero-order valence-corrected chi connectivity index (χ0v) is 19.2. The Labute approximate surface area is 203 Å². The van der Waals surface area contributed by atoms with Crippen LogP contribution in [-0.4, -0.2) is 20.2 Å². The van der Waals surface area contributed by atoms with Gasteiger partial charge in [0, 0.05) is 0 Å². The fraction of sp³-hybridized carbons (Fsp3) is 0.133. The van der Waals surface area contributed by atoms with E-state index in [1.54, 1.807) is 12.5 Å². The van der Waals surface area contributed by atoms with E-state index in [4.69, 9.17) is 0 Å². The van der Waals surface area contributed by atoms with E-state index in [0.717, 1.165) is 28.0 Å². The molecule has 0 amide bonds. The predicted octanol–water partition coefficient (Wildman–Crippen LogP) is 7.35. The minimum absolute atomic E-state index is 0.467. The number of nitrogens with zero attached hydrogens (tertiary/aromatic N) is 2. The van der Waals surface area contributed by atoms with Crippen LogP contribution in [0.15, 0.2) is 85.3 Å². The van der Waals surface area contributed by atoms with Crippen LogP contribution in [-0.2, 0) is 0 Å². The van der Waals surface area contributed by atoms with Crippen molar-refractivity contribution in [3.05, 3.63) is 119 Å². The molecule has 2 N–H and O–H groups in total. The van der Waals surface area contributed by atoms with E-state index in [1.807, 2.05) is 18.2 Å². The standard InChI is InChI=1S/C30H25FN4/c31-30-26-17-24(14-16-27(26)34-35-30)29(28(22-7-4-8-22)21-5-2-1-3-6-21)23-12-9-20(10-13-23)11-15-25-18-32-19-33-25/h1-3,5-6,9-19,22H,4,7-8H2,(H,32,33)(H,34,35). The van der Waals surface area contributed by atoms with Crippen LogP contribution in [0.1, 0.15) is 47.2 Å². The number of H-pyrrole nitrogens is 2. The second-order valence-electron chi connectivity index (χ2n) is 9.02. The quantitative estimate of drug-likeness (QED) is 0.260. The molecule has 5 heteroatoms. The van der Waals surface area contributed by atoms with Gasteiger partial charge in [-0.1, -0.05) is 73.2 Å². The summed E-state index contributed by atoms with van der Waals surface area (Å²) in [6.45, 7) is 0. The molecule has 1 fully saturated rings. The predicted molar refractivity (Wildman–Crippen MR) is 140 cm³/mol. The number of imidazole rings is 1. The number of hydrogen-bond donors (Lipinski definition) is 2. The number of aromatic amines is 2. The molecule has 0 aliphatic heterocycles. The van der Waals surface area contributed by atoms with Crippen LogP contribution >= 0.6 is 0 Å². The van der Waals surface area contributed by atoms with Crippen LogP contribution in [0, 0.1) is 11.9 Å². The second kappa shape index (κ2) is 9.18. The van der Waals surface area contributed by atoms with Gasteiger partial charge in [0.05, 0.1) is 29.1 Å². The van der Waals surface area contributed by atoms with Crippen molar-refractivity contribution in [2.45, 2.75) is 19.3 Å². The fourth-order valence-electron chi connectivity index (χ4n) is 4.82. The van der Waals surface area contributed by atoms with E-state index in [1.165, 1.54) is 30.4 Å². The molecule has 0 radical (unpaired) electrons. The minimum Gasteiger partial charge on any atom is -0.345 e. The van der Waals surface area contributed by atoms with Crippen molar-refractivity contribution in [2.24, 2.45) is 5.92 Å². The molecule has 1 aliphatic carbocycles. The Morgan fingerprint density at radius 1 is 0.886 bits per heavy atom. The number of rotatable bonds is 6. The minimum atomic E-state index is -0.467. The number of nitrogens with one attached hydrogen (secondary N) is 2. The molecule has 5 aromatic rings. The summed E-state index contributed by atoms with van der Waals surface area (Å²) in [6.07, 6.45) is 11.1. The van der Waals surface area contributed by atoms with E-state index in [0.29, 0.717) is 16.8 Å². The molecular formula is C30H25FN4. The van der Waals surface area contributed by atoms with E-state index < -0.39 is 5.95 Å². The van der Waals surface area contributed by atoms with Crippen molar-refractivity contribution < 1.29 is 4.39 Å². The first-order chi connectivity index (χ1) is 17.3. The van der Waals surface area contributed by atoms with Gasteiger partial charge in [0.25, 0.3) is 0 Å². The lowest BCUT2D eigenvalue weighted by Crippen LogP contribution is -2.15. The molecule has 1 aliphatic rings. The maximum Gasteiger partial charge on any atom is 0.240 e. The molecule has 1 saturated carbocycles. The number of hydrogen-bond acceptors (Lipinski definition) is 2. The van der Waals surface area contributed by atoms with Gasteiger partial charge < -0.3 is 4.98 Å². The molecule has 0 unspecified atom stereocenters. The summed E-state index contributed by atoms with van der Waals surface area (Å²) in [4.78, 5) is 7.15. The molecular weight excluding hydrogens is 435 g/mol. The highest BCUT2D eigenvalue weighted by molar-refractivity contribution is 6.01. The summed E-state index contributed by atoms with van der Waals surface area (Å²) in [5.74, 6) is 0.0163. The largest absolute Gasteiger partial charge is 0.345 e. The molecule has 0 spiro atoms. The van der Waals surface area contributed by atoms with Crippen molar-refractivity contribution in [1.29, 1.82) is 0 Å². The average molecular weight is 461 g/mol. The highest BCUT2D eigenvalue weighted by Crippen LogP contribution is 2.45. The summed E-state index contributed by atoms with van der Waals surface area (Å²) in [6, 6.07) is 25.1.